The molecule has 0 unspecified atom stereocenters. The van der Waals surface area contributed by atoms with E-state index in [0.717, 1.165) is 5.82 Å². The fraction of sp³-hybridized carbons (Fsp3) is 0.444. The fourth-order valence-corrected chi connectivity index (χ4v) is 1.75. The summed E-state index contributed by atoms with van der Waals surface area (Å²) in [6.45, 7) is -0.189. The molecule has 2 heterocycles. The van der Waals surface area contributed by atoms with Gasteiger partial charge in [0.15, 0.2) is 0 Å². The van der Waals surface area contributed by atoms with Crippen molar-refractivity contribution < 1.29 is 12.9 Å². The molecule has 0 amide bonds. The lowest BCUT2D eigenvalue weighted by atomic mass is 9.80. The van der Waals surface area contributed by atoms with Crippen molar-refractivity contribution in [3.05, 3.63) is 30.3 Å². The summed E-state index contributed by atoms with van der Waals surface area (Å²) in [5.74, 6) is 0.814. The number of hydrogen-bond acceptors (Lipinski definition) is 2. The van der Waals surface area contributed by atoms with Crippen molar-refractivity contribution in [1.29, 1.82) is 0 Å². The molecule has 0 saturated carbocycles. The highest BCUT2D eigenvalue weighted by molar-refractivity contribution is 6.66. The Morgan fingerprint density at radius 1 is 1.44 bits per heavy atom. The molecule has 0 saturated heterocycles. The molecule has 0 N–H and O–H groups in total. The van der Waals surface area contributed by atoms with Gasteiger partial charge in [-0.05, 0) is 6.54 Å². The Kier molecular flexibility index (Phi) is 2.79. The molecule has 16 heavy (non-hydrogen) atoms. The quantitative estimate of drug-likeness (QED) is 0.736. The van der Waals surface area contributed by atoms with Crippen LogP contribution in [0.25, 0.3) is 0 Å². The van der Waals surface area contributed by atoms with E-state index < -0.39 is 12.4 Å². The van der Waals surface area contributed by atoms with Gasteiger partial charge in [-0.3, -0.25) is 4.90 Å². The summed E-state index contributed by atoms with van der Waals surface area (Å²) in [4.78, 5) is 5.81. The van der Waals surface area contributed by atoms with Crippen LogP contribution in [0.4, 0.5) is 12.9 Å². The predicted molar refractivity (Wildman–Crippen MR) is 55.7 cm³/mol. The minimum atomic E-state index is -4.92. The molecule has 7 heteroatoms. The van der Waals surface area contributed by atoms with Crippen LogP contribution < -0.4 is 0 Å². The number of aromatic nitrogens is 2. The third-order valence-electron chi connectivity index (χ3n) is 2.71. The molecule has 1 aliphatic rings. The molecule has 2 rings (SSSR count). The molecular formula is C9H12BF3N3-. The Hall–Kier alpha value is -1.24. The average Bonchev–Trinajstić information content (AvgIpc) is 2.63. The summed E-state index contributed by atoms with van der Waals surface area (Å²) >= 11 is 0. The van der Waals surface area contributed by atoms with Gasteiger partial charge in [-0.25, -0.2) is 4.98 Å². The maximum Gasteiger partial charge on any atom is 0.506 e. The van der Waals surface area contributed by atoms with Crippen LogP contribution in [0.5, 0.6) is 0 Å². The molecule has 1 aliphatic heterocycles. The van der Waals surface area contributed by atoms with Gasteiger partial charge in [-0.1, -0.05) is 0 Å². The van der Waals surface area contributed by atoms with Crippen molar-refractivity contribution in [3.63, 3.8) is 0 Å². The second kappa shape index (κ2) is 3.97. The smallest absolute Gasteiger partial charge is 0.445 e. The molecule has 0 fully saturated rings. The minimum absolute atomic E-state index is 0.115. The summed E-state index contributed by atoms with van der Waals surface area (Å²) in [5.41, 5.74) is -0.639. The number of imidazole rings is 1. The number of rotatable bonds is 3. The SMILES string of the molecule is C=C(CN1CCn2ccnc2C1)[B-](F)(F)F. The maximum atomic E-state index is 12.4. The van der Waals surface area contributed by atoms with Crippen molar-refractivity contribution in [2.24, 2.45) is 0 Å². The highest BCUT2D eigenvalue weighted by Gasteiger charge is 2.28. The molecule has 0 aliphatic carbocycles. The van der Waals surface area contributed by atoms with Crippen LogP contribution in [0.3, 0.4) is 0 Å². The third-order valence-corrected chi connectivity index (χ3v) is 2.71. The fourth-order valence-electron chi connectivity index (χ4n) is 1.75. The number of hydrogen-bond donors (Lipinski definition) is 0. The van der Waals surface area contributed by atoms with Crippen LogP contribution in [-0.4, -0.2) is 34.5 Å². The van der Waals surface area contributed by atoms with Crippen LogP contribution in [0, 0.1) is 0 Å². The zero-order valence-corrected chi connectivity index (χ0v) is 8.74. The van der Waals surface area contributed by atoms with Crippen LogP contribution in [0.2, 0.25) is 0 Å². The topological polar surface area (TPSA) is 21.1 Å². The molecule has 0 bridgehead atoms. The van der Waals surface area contributed by atoms with Gasteiger partial charge in [0.05, 0.1) is 6.54 Å². The summed E-state index contributed by atoms with van der Waals surface area (Å²) in [5, 5.41) is 0. The van der Waals surface area contributed by atoms with E-state index in [-0.39, 0.29) is 6.54 Å². The third kappa shape index (κ3) is 2.29. The van der Waals surface area contributed by atoms with E-state index in [4.69, 9.17) is 0 Å². The lowest BCUT2D eigenvalue weighted by molar-refractivity contribution is 0.234. The first-order valence-electron chi connectivity index (χ1n) is 5.07. The second-order valence-electron chi connectivity index (χ2n) is 3.98. The zero-order valence-electron chi connectivity index (χ0n) is 8.74. The van der Waals surface area contributed by atoms with E-state index >= 15 is 0 Å². The number of nitrogens with zero attached hydrogens (tertiary/aromatic N) is 3. The van der Waals surface area contributed by atoms with Gasteiger partial charge in [0.2, 0.25) is 0 Å². The standard InChI is InChI=1S/C9H12BF3N3/c1-8(10(11,12)13)6-15-4-5-16-3-2-14-9(16)7-15/h2-3H,1,4-7H2/q-1. The van der Waals surface area contributed by atoms with Crippen molar-refractivity contribution in [2.75, 3.05) is 13.1 Å². The van der Waals surface area contributed by atoms with Crippen molar-refractivity contribution in [2.45, 2.75) is 13.1 Å². The van der Waals surface area contributed by atoms with Crippen molar-refractivity contribution in [1.82, 2.24) is 14.5 Å². The average molecular weight is 230 g/mol. The summed E-state index contributed by atoms with van der Waals surface area (Å²) in [6.07, 6.45) is 3.51. The lowest BCUT2D eigenvalue weighted by Crippen LogP contribution is -2.38. The maximum absolute atomic E-state index is 12.4. The van der Waals surface area contributed by atoms with E-state index in [9.17, 15) is 12.9 Å². The highest BCUT2D eigenvalue weighted by Crippen LogP contribution is 2.20. The van der Waals surface area contributed by atoms with Crippen LogP contribution >= 0.6 is 0 Å². The Labute approximate surface area is 91.6 Å². The van der Waals surface area contributed by atoms with Gasteiger partial charge >= 0.3 is 6.98 Å². The molecule has 0 atom stereocenters. The zero-order chi connectivity index (χ0) is 11.8. The summed E-state index contributed by atoms with van der Waals surface area (Å²) < 4.78 is 39.0. The van der Waals surface area contributed by atoms with E-state index in [1.165, 1.54) is 0 Å². The Balaban J connectivity index is 1.97. The van der Waals surface area contributed by atoms with E-state index in [1.807, 2.05) is 10.8 Å². The minimum Gasteiger partial charge on any atom is -0.445 e. The van der Waals surface area contributed by atoms with Gasteiger partial charge in [-0.2, -0.15) is 0 Å². The molecule has 0 spiro atoms. The van der Waals surface area contributed by atoms with Gasteiger partial charge in [-0.15, -0.1) is 12.1 Å². The summed E-state index contributed by atoms with van der Waals surface area (Å²) in [6, 6.07) is 0. The Morgan fingerprint density at radius 2 is 2.19 bits per heavy atom. The van der Waals surface area contributed by atoms with Gasteiger partial charge < -0.3 is 17.5 Å². The van der Waals surface area contributed by atoms with Crippen molar-refractivity contribution in [3.8, 4) is 0 Å². The molecule has 88 valence electrons. The van der Waals surface area contributed by atoms with Crippen molar-refractivity contribution >= 4 is 6.98 Å². The Bertz CT molecular complexity index is 399. The van der Waals surface area contributed by atoms with E-state index in [0.29, 0.717) is 19.6 Å². The highest BCUT2D eigenvalue weighted by atomic mass is 19.4. The first kappa shape index (κ1) is 11.3. The first-order chi connectivity index (χ1) is 7.47. The molecule has 3 nitrogen and oxygen atoms in total. The molecular weight excluding hydrogens is 218 g/mol. The van der Waals surface area contributed by atoms with Gasteiger partial charge in [0, 0.05) is 25.5 Å². The molecule has 1 aromatic rings. The van der Waals surface area contributed by atoms with Crippen LogP contribution in [-0.2, 0) is 13.1 Å². The Morgan fingerprint density at radius 3 is 2.88 bits per heavy atom. The first-order valence-corrected chi connectivity index (χ1v) is 5.07. The molecule has 1 aromatic heterocycles. The number of halogens is 3. The van der Waals surface area contributed by atoms with E-state index in [2.05, 4.69) is 11.6 Å². The van der Waals surface area contributed by atoms with Crippen LogP contribution in [0.15, 0.2) is 24.4 Å². The predicted octanol–water partition coefficient (Wildman–Crippen LogP) is 1.64. The second-order valence-corrected chi connectivity index (χ2v) is 3.98. The monoisotopic (exact) mass is 230 g/mol. The normalized spacial score (nSPS) is 17.2. The van der Waals surface area contributed by atoms with E-state index in [1.54, 1.807) is 11.1 Å². The molecule has 0 aromatic carbocycles. The summed E-state index contributed by atoms with van der Waals surface area (Å²) in [7, 11) is 0. The van der Waals surface area contributed by atoms with Gasteiger partial charge in [0.1, 0.15) is 5.82 Å². The number of fused-ring (bicyclic) bond motifs is 1. The largest absolute Gasteiger partial charge is 0.506 e. The van der Waals surface area contributed by atoms with Gasteiger partial charge in [0.25, 0.3) is 0 Å². The van der Waals surface area contributed by atoms with Crippen LogP contribution in [0.1, 0.15) is 5.82 Å². The molecule has 0 radical (unpaired) electrons. The lowest BCUT2D eigenvalue weighted by Gasteiger charge is -2.30.